The molecule has 0 unspecified atom stereocenters. The molecule has 0 amide bonds. The van der Waals surface area contributed by atoms with Crippen LogP contribution in [0.4, 0.5) is 0 Å². The van der Waals surface area contributed by atoms with Gasteiger partial charge in [-0.15, -0.1) is 0 Å². The highest BCUT2D eigenvalue weighted by Crippen LogP contribution is 2.18. The van der Waals surface area contributed by atoms with Crippen molar-refractivity contribution in [2.45, 2.75) is 13.5 Å². The van der Waals surface area contributed by atoms with Gasteiger partial charge in [0.15, 0.2) is 0 Å². The van der Waals surface area contributed by atoms with Crippen molar-refractivity contribution in [3.8, 4) is 5.75 Å². The summed E-state index contributed by atoms with van der Waals surface area (Å²) in [6.45, 7) is 1.52. The molecule has 0 aliphatic heterocycles. The van der Waals surface area contributed by atoms with E-state index in [0.717, 1.165) is 5.39 Å². The van der Waals surface area contributed by atoms with E-state index in [4.69, 9.17) is 4.74 Å². The van der Waals surface area contributed by atoms with Gasteiger partial charge < -0.3 is 9.72 Å². The number of fused-ring (bicyclic) bond motifs is 1. The van der Waals surface area contributed by atoms with E-state index in [-0.39, 0.29) is 17.9 Å². The standard InChI is InChI=1S/C13H16N2O4S/c1-3-20(17,18)14-8-10-6-9-4-5-11(19-2)7-12(9)15-13(10)16/h4-7,14H,3,8H2,1-2H3,(H,15,16). The van der Waals surface area contributed by atoms with E-state index in [1.807, 2.05) is 6.07 Å². The second-order valence-corrected chi connectivity index (χ2v) is 6.40. The van der Waals surface area contributed by atoms with Crippen molar-refractivity contribution in [3.63, 3.8) is 0 Å². The number of hydrogen-bond donors (Lipinski definition) is 2. The second kappa shape index (κ2) is 5.64. The Bertz CT molecular complexity index is 781. The van der Waals surface area contributed by atoms with Crippen molar-refractivity contribution in [1.82, 2.24) is 9.71 Å². The van der Waals surface area contributed by atoms with Crippen LogP contribution in [-0.2, 0) is 16.6 Å². The molecule has 1 heterocycles. The normalized spacial score (nSPS) is 11.7. The lowest BCUT2D eigenvalue weighted by molar-refractivity contribution is 0.415. The van der Waals surface area contributed by atoms with Crippen LogP contribution in [0.3, 0.4) is 0 Å². The van der Waals surface area contributed by atoms with Crippen LogP contribution in [0.2, 0.25) is 0 Å². The molecule has 2 N–H and O–H groups in total. The third-order valence-electron chi connectivity index (χ3n) is 2.99. The van der Waals surface area contributed by atoms with E-state index in [2.05, 4.69) is 9.71 Å². The van der Waals surface area contributed by atoms with Crippen LogP contribution in [-0.4, -0.2) is 26.3 Å². The zero-order valence-corrected chi connectivity index (χ0v) is 12.1. The van der Waals surface area contributed by atoms with Crippen LogP contribution >= 0.6 is 0 Å². The Kier molecular flexibility index (Phi) is 4.10. The molecule has 0 bridgehead atoms. The summed E-state index contributed by atoms with van der Waals surface area (Å²) in [7, 11) is -1.77. The van der Waals surface area contributed by atoms with Gasteiger partial charge in [0.25, 0.3) is 5.56 Å². The molecule has 0 fully saturated rings. The Hall–Kier alpha value is -1.86. The number of aromatic amines is 1. The van der Waals surface area contributed by atoms with Crippen LogP contribution in [0.1, 0.15) is 12.5 Å². The van der Waals surface area contributed by atoms with E-state index < -0.39 is 10.0 Å². The molecule has 2 aromatic rings. The molecular weight excluding hydrogens is 280 g/mol. The third-order valence-corrected chi connectivity index (χ3v) is 4.34. The molecule has 2 rings (SSSR count). The maximum absolute atomic E-state index is 11.9. The van der Waals surface area contributed by atoms with Crippen molar-refractivity contribution in [2.75, 3.05) is 12.9 Å². The van der Waals surface area contributed by atoms with Gasteiger partial charge in [0.05, 0.1) is 18.4 Å². The van der Waals surface area contributed by atoms with Crippen LogP contribution in [0.5, 0.6) is 5.75 Å². The average molecular weight is 296 g/mol. The Morgan fingerprint density at radius 1 is 1.30 bits per heavy atom. The molecule has 0 saturated carbocycles. The molecule has 0 aliphatic carbocycles. The van der Waals surface area contributed by atoms with Gasteiger partial charge in [0.1, 0.15) is 5.75 Å². The first kappa shape index (κ1) is 14.5. The number of pyridine rings is 1. The lowest BCUT2D eigenvalue weighted by Crippen LogP contribution is -2.28. The second-order valence-electron chi connectivity index (χ2n) is 4.30. The van der Waals surface area contributed by atoms with E-state index in [9.17, 15) is 13.2 Å². The van der Waals surface area contributed by atoms with Gasteiger partial charge in [-0.1, -0.05) is 0 Å². The van der Waals surface area contributed by atoms with Crippen molar-refractivity contribution in [3.05, 3.63) is 40.2 Å². The van der Waals surface area contributed by atoms with Crippen LogP contribution in [0, 0.1) is 0 Å². The van der Waals surface area contributed by atoms with Gasteiger partial charge in [-0.05, 0) is 30.5 Å². The Morgan fingerprint density at radius 3 is 2.70 bits per heavy atom. The van der Waals surface area contributed by atoms with Crippen LogP contribution < -0.4 is 15.0 Å². The highest BCUT2D eigenvalue weighted by molar-refractivity contribution is 7.89. The highest BCUT2D eigenvalue weighted by atomic mass is 32.2. The molecule has 6 nitrogen and oxygen atoms in total. The van der Waals surface area contributed by atoms with Crippen molar-refractivity contribution < 1.29 is 13.2 Å². The molecule has 1 aromatic heterocycles. The predicted octanol–water partition coefficient (Wildman–Crippen LogP) is 0.976. The third kappa shape index (κ3) is 3.17. The van der Waals surface area contributed by atoms with Crippen LogP contribution in [0.15, 0.2) is 29.1 Å². The van der Waals surface area contributed by atoms with Crippen molar-refractivity contribution in [1.29, 1.82) is 0 Å². The van der Waals surface area contributed by atoms with Gasteiger partial charge in [-0.3, -0.25) is 4.79 Å². The summed E-state index contributed by atoms with van der Waals surface area (Å²) in [6, 6.07) is 6.98. The SMILES string of the molecule is CCS(=O)(=O)NCc1cc2ccc(OC)cc2[nH]c1=O. The quantitative estimate of drug-likeness (QED) is 0.860. The summed E-state index contributed by atoms with van der Waals surface area (Å²) in [6.07, 6.45) is 0. The molecule has 1 aromatic carbocycles. The smallest absolute Gasteiger partial charge is 0.252 e. The number of H-pyrrole nitrogens is 1. The number of hydrogen-bond acceptors (Lipinski definition) is 4. The molecule has 0 atom stereocenters. The number of rotatable bonds is 5. The minimum Gasteiger partial charge on any atom is -0.497 e. The minimum atomic E-state index is -3.32. The Morgan fingerprint density at radius 2 is 2.05 bits per heavy atom. The lowest BCUT2D eigenvalue weighted by Gasteiger charge is -2.06. The van der Waals surface area contributed by atoms with Gasteiger partial charge in [0, 0.05) is 18.2 Å². The largest absolute Gasteiger partial charge is 0.497 e. The average Bonchev–Trinajstić information content (AvgIpc) is 2.44. The molecule has 0 spiro atoms. The lowest BCUT2D eigenvalue weighted by atomic mass is 10.1. The number of nitrogens with one attached hydrogen (secondary N) is 2. The molecule has 0 aliphatic rings. The fraction of sp³-hybridized carbons (Fsp3) is 0.308. The van der Waals surface area contributed by atoms with E-state index in [0.29, 0.717) is 16.8 Å². The minimum absolute atomic E-state index is 0.0182. The number of ether oxygens (including phenoxy) is 1. The maximum Gasteiger partial charge on any atom is 0.252 e. The zero-order chi connectivity index (χ0) is 14.8. The van der Waals surface area contributed by atoms with Gasteiger partial charge in [-0.2, -0.15) is 0 Å². The molecule has 20 heavy (non-hydrogen) atoms. The number of aromatic nitrogens is 1. The molecule has 108 valence electrons. The first-order valence-electron chi connectivity index (χ1n) is 6.12. The summed E-state index contributed by atoms with van der Waals surface area (Å²) in [5.41, 5.74) is 0.709. The predicted molar refractivity (Wildman–Crippen MR) is 77.4 cm³/mol. The Balaban J connectivity index is 2.36. The number of benzene rings is 1. The highest BCUT2D eigenvalue weighted by Gasteiger charge is 2.09. The van der Waals surface area contributed by atoms with E-state index in [1.165, 1.54) is 0 Å². The number of methoxy groups -OCH3 is 1. The monoisotopic (exact) mass is 296 g/mol. The molecular formula is C13H16N2O4S. The molecule has 0 saturated heterocycles. The summed E-state index contributed by atoms with van der Waals surface area (Å²) in [5, 5.41) is 0.816. The van der Waals surface area contributed by atoms with Gasteiger partial charge in [0.2, 0.25) is 10.0 Å². The zero-order valence-electron chi connectivity index (χ0n) is 11.3. The first-order chi connectivity index (χ1) is 9.45. The topological polar surface area (TPSA) is 88.3 Å². The van der Waals surface area contributed by atoms with Crippen LogP contribution in [0.25, 0.3) is 10.9 Å². The van der Waals surface area contributed by atoms with Gasteiger partial charge >= 0.3 is 0 Å². The maximum atomic E-state index is 11.9. The molecule has 0 radical (unpaired) electrons. The summed E-state index contributed by atoms with van der Waals surface area (Å²) < 4.78 is 30.2. The van der Waals surface area contributed by atoms with E-state index >= 15 is 0 Å². The van der Waals surface area contributed by atoms with E-state index in [1.54, 1.807) is 32.2 Å². The first-order valence-corrected chi connectivity index (χ1v) is 7.77. The van der Waals surface area contributed by atoms with Crippen molar-refractivity contribution in [2.24, 2.45) is 0 Å². The van der Waals surface area contributed by atoms with Gasteiger partial charge in [-0.25, -0.2) is 13.1 Å². The van der Waals surface area contributed by atoms with Crippen molar-refractivity contribution >= 4 is 20.9 Å². The summed E-state index contributed by atoms with van der Waals surface area (Å²) in [4.78, 5) is 14.6. The fourth-order valence-electron chi connectivity index (χ4n) is 1.77. The Labute approximate surface area is 116 Å². The number of sulfonamides is 1. The fourth-order valence-corrected chi connectivity index (χ4v) is 2.35. The summed E-state index contributed by atoms with van der Waals surface area (Å²) >= 11 is 0. The molecule has 7 heteroatoms. The summed E-state index contributed by atoms with van der Waals surface area (Å²) in [5.74, 6) is 0.628.